The van der Waals surface area contributed by atoms with Gasteiger partial charge in [0.25, 0.3) is 0 Å². The van der Waals surface area contributed by atoms with E-state index >= 15 is 0 Å². The van der Waals surface area contributed by atoms with Gasteiger partial charge in [-0.25, -0.2) is 0 Å². The van der Waals surface area contributed by atoms with Crippen molar-refractivity contribution >= 4 is 0 Å². The van der Waals surface area contributed by atoms with Crippen molar-refractivity contribution < 1.29 is 83.4 Å². The van der Waals surface area contributed by atoms with Crippen molar-refractivity contribution in [2.75, 3.05) is 0 Å². The Bertz CT molecular complexity index is 1300. The second-order valence-electron chi connectivity index (χ2n) is 14.0. The van der Waals surface area contributed by atoms with E-state index in [2.05, 4.69) is 6.92 Å². The quantitative estimate of drug-likeness (QED) is 0.155. The van der Waals surface area contributed by atoms with Gasteiger partial charge in [0.15, 0.2) is 0 Å². The largest absolute Gasteiger partial charge is 0.460 e. The minimum absolute atomic E-state index is 0.0329. The van der Waals surface area contributed by atoms with E-state index in [4.69, 9.17) is 0 Å². The predicted molar refractivity (Wildman–Crippen MR) is 150 cm³/mol. The van der Waals surface area contributed by atoms with Gasteiger partial charge in [0.2, 0.25) is 0 Å². The summed E-state index contributed by atoms with van der Waals surface area (Å²) >= 11 is 0. The molecule has 0 nitrogen and oxygen atoms in total. The molecule has 0 bridgehead atoms. The Kier molecular flexibility index (Phi) is 12.6. The number of benzene rings is 1. The Balaban J connectivity index is 1.72. The molecule has 1 aromatic carbocycles. The Labute approximate surface area is 286 Å². The molecular weight excluding hydrogens is 757 g/mol. The van der Waals surface area contributed by atoms with Gasteiger partial charge in [0, 0.05) is 5.56 Å². The number of alkyl halides is 19. The Morgan fingerprint density at radius 3 is 1.12 bits per heavy atom. The van der Waals surface area contributed by atoms with Crippen molar-refractivity contribution in [2.45, 2.75) is 150 Å². The first-order valence-electron chi connectivity index (χ1n) is 16.6. The van der Waals surface area contributed by atoms with Crippen molar-refractivity contribution in [1.29, 1.82) is 0 Å². The van der Waals surface area contributed by atoms with E-state index in [1.165, 1.54) is 25.7 Å². The van der Waals surface area contributed by atoms with Crippen LogP contribution in [0.2, 0.25) is 0 Å². The maximum absolute atomic E-state index is 14.8. The Morgan fingerprint density at radius 2 is 0.750 bits per heavy atom. The fraction of sp³-hybridized carbons (Fsp3) is 0.818. The van der Waals surface area contributed by atoms with E-state index in [1.54, 1.807) is 0 Å². The van der Waals surface area contributed by atoms with Crippen LogP contribution >= 0.6 is 0 Å². The van der Waals surface area contributed by atoms with Crippen LogP contribution in [0.15, 0.2) is 24.3 Å². The summed E-state index contributed by atoms with van der Waals surface area (Å²) in [5.74, 6) is -65.3. The molecule has 3 rings (SSSR count). The van der Waals surface area contributed by atoms with Crippen LogP contribution in [0.1, 0.15) is 107 Å². The Morgan fingerprint density at radius 1 is 0.423 bits per heavy atom. The van der Waals surface area contributed by atoms with Gasteiger partial charge in [-0.3, -0.25) is 0 Å². The zero-order valence-electron chi connectivity index (χ0n) is 27.5. The second kappa shape index (κ2) is 14.9. The molecule has 0 saturated heterocycles. The summed E-state index contributed by atoms with van der Waals surface area (Å²) in [6.45, 7) is 2.14. The molecule has 1 aromatic rings. The molecule has 0 aliphatic heterocycles. The highest BCUT2D eigenvalue weighted by molar-refractivity contribution is 5.31. The first-order chi connectivity index (χ1) is 23.5. The molecule has 0 unspecified atom stereocenters. The molecular formula is C33H37F19. The standard InChI is InChI=1S/C33H37F19/c1-2-3-4-19-5-7-20(8-6-19)9-10-21-11-13-22(14-12-21)23-15-17-24(18-16-23)25(34,35)26(36,37)27(38,39)28(40,41)29(42,43)30(44,45)31(46,47)32(48,49)33(50,51)52/h15-22H,2-14H2,1H3. The summed E-state index contributed by atoms with van der Waals surface area (Å²) in [5, 5.41) is 0. The minimum atomic E-state index is -8.92. The highest BCUT2D eigenvalue weighted by Crippen LogP contribution is 2.66. The first kappa shape index (κ1) is 44.3. The van der Waals surface area contributed by atoms with Gasteiger partial charge >= 0.3 is 53.6 Å². The van der Waals surface area contributed by atoms with Crippen molar-refractivity contribution in [3.8, 4) is 0 Å². The summed E-state index contributed by atoms with van der Waals surface area (Å²) in [6.07, 6.45) is 4.70. The summed E-state index contributed by atoms with van der Waals surface area (Å²) < 4.78 is 260. The zero-order valence-corrected chi connectivity index (χ0v) is 27.5. The van der Waals surface area contributed by atoms with E-state index < -0.39 is 59.1 Å². The highest BCUT2D eigenvalue weighted by Gasteiger charge is 2.96. The SMILES string of the molecule is CCCCC1CCC(CCC2CCC(c3ccc(C(F)(F)C(F)(F)C(F)(F)C(F)(F)C(F)(F)C(F)(F)C(F)(F)C(F)(F)C(F)(F)F)cc3)CC2)CC1. The smallest absolute Gasteiger partial charge is 0.194 e. The van der Waals surface area contributed by atoms with E-state index in [0.717, 1.165) is 50.2 Å². The molecule has 0 spiro atoms. The lowest BCUT2D eigenvalue weighted by molar-refractivity contribution is -0.469. The summed E-state index contributed by atoms with van der Waals surface area (Å²) in [4.78, 5) is 0. The number of hydrogen-bond donors (Lipinski definition) is 0. The lowest BCUT2D eigenvalue weighted by atomic mass is 9.74. The molecule has 2 saturated carbocycles. The lowest BCUT2D eigenvalue weighted by Crippen LogP contribution is -2.75. The van der Waals surface area contributed by atoms with Crippen LogP contribution in [0.5, 0.6) is 0 Å². The van der Waals surface area contributed by atoms with Crippen LogP contribution in [0.4, 0.5) is 83.4 Å². The van der Waals surface area contributed by atoms with Crippen LogP contribution < -0.4 is 0 Å². The maximum Gasteiger partial charge on any atom is 0.460 e. The molecule has 0 aromatic heterocycles. The minimum Gasteiger partial charge on any atom is -0.194 e. The van der Waals surface area contributed by atoms with Crippen molar-refractivity contribution in [1.82, 2.24) is 0 Å². The maximum atomic E-state index is 14.8. The van der Waals surface area contributed by atoms with E-state index in [-0.39, 0.29) is 23.6 Å². The summed E-state index contributed by atoms with van der Waals surface area (Å²) in [5.41, 5.74) is -2.04. The average Bonchev–Trinajstić information content (AvgIpc) is 3.06. The molecule has 2 fully saturated rings. The monoisotopic (exact) mass is 794 g/mol. The molecule has 19 heteroatoms. The van der Waals surface area contributed by atoms with Crippen LogP contribution in [0.3, 0.4) is 0 Å². The van der Waals surface area contributed by atoms with Gasteiger partial charge in [-0.05, 0) is 54.9 Å². The van der Waals surface area contributed by atoms with Crippen molar-refractivity contribution in [2.24, 2.45) is 17.8 Å². The fourth-order valence-corrected chi connectivity index (χ4v) is 7.06. The molecule has 0 N–H and O–H groups in total. The van der Waals surface area contributed by atoms with Gasteiger partial charge in [-0.1, -0.05) is 89.0 Å². The molecule has 302 valence electrons. The van der Waals surface area contributed by atoms with E-state index in [9.17, 15) is 83.4 Å². The average molecular weight is 795 g/mol. The topological polar surface area (TPSA) is 0 Å². The third kappa shape index (κ3) is 7.45. The molecule has 0 radical (unpaired) electrons. The zero-order chi connectivity index (χ0) is 40.0. The normalized spacial score (nSPS) is 23.9. The predicted octanol–water partition coefficient (Wildman–Crippen LogP) is 13.8. The van der Waals surface area contributed by atoms with E-state index in [1.807, 2.05) is 0 Å². The molecule has 0 atom stereocenters. The molecule has 2 aliphatic carbocycles. The first-order valence-corrected chi connectivity index (χ1v) is 16.6. The van der Waals surface area contributed by atoms with Gasteiger partial charge in [0.05, 0.1) is 0 Å². The number of hydrogen-bond acceptors (Lipinski definition) is 0. The van der Waals surface area contributed by atoms with Crippen molar-refractivity contribution in [3.05, 3.63) is 35.4 Å². The summed E-state index contributed by atoms with van der Waals surface area (Å²) in [7, 11) is 0. The van der Waals surface area contributed by atoms with Gasteiger partial charge in [-0.2, -0.15) is 83.4 Å². The lowest BCUT2D eigenvalue weighted by Gasteiger charge is -2.43. The van der Waals surface area contributed by atoms with Crippen LogP contribution in [-0.2, 0) is 5.92 Å². The van der Waals surface area contributed by atoms with E-state index in [0.29, 0.717) is 37.5 Å². The van der Waals surface area contributed by atoms with Gasteiger partial charge < -0.3 is 0 Å². The Hall–Kier alpha value is -2.11. The summed E-state index contributed by atoms with van der Waals surface area (Å²) in [6, 6.07) is 1.51. The third-order valence-electron chi connectivity index (χ3n) is 10.6. The number of rotatable bonds is 15. The van der Waals surface area contributed by atoms with Gasteiger partial charge in [-0.15, -0.1) is 0 Å². The van der Waals surface area contributed by atoms with Crippen LogP contribution in [0, 0.1) is 17.8 Å². The fourth-order valence-electron chi connectivity index (χ4n) is 7.06. The molecule has 0 amide bonds. The van der Waals surface area contributed by atoms with Crippen LogP contribution in [0.25, 0.3) is 0 Å². The highest BCUT2D eigenvalue weighted by atomic mass is 19.4. The molecule has 52 heavy (non-hydrogen) atoms. The molecule has 2 aliphatic rings. The van der Waals surface area contributed by atoms with Crippen LogP contribution in [-0.4, -0.2) is 47.6 Å². The van der Waals surface area contributed by atoms with Gasteiger partial charge in [0.1, 0.15) is 0 Å². The third-order valence-corrected chi connectivity index (χ3v) is 10.6. The number of halogens is 19. The second-order valence-corrected chi connectivity index (χ2v) is 14.0. The number of unbranched alkanes of at least 4 members (excludes halogenated alkanes) is 1. The molecule has 0 heterocycles. The van der Waals surface area contributed by atoms with Crippen molar-refractivity contribution in [3.63, 3.8) is 0 Å².